The van der Waals surface area contributed by atoms with Crippen molar-refractivity contribution in [3.05, 3.63) is 139 Å². The zero-order valence-corrected chi connectivity index (χ0v) is 24.4. The van der Waals surface area contributed by atoms with Crippen molar-refractivity contribution >= 4 is 32.7 Å². The molecule has 0 aliphatic heterocycles. The number of benzene rings is 6. The van der Waals surface area contributed by atoms with E-state index in [1.165, 1.54) is 22.3 Å². The third kappa shape index (κ3) is 3.61. The van der Waals surface area contributed by atoms with E-state index in [2.05, 4.69) is 111 Å². The molecule has 208 valence electrons. The summed E-state index contributed by atoms with van der Waals surface area (Å²) in [6.45, 7) is 4.59. The van der Waals surface area contributed by atoms with Crippen LogP contribution < -0.4 is 0 Å². The van der Waals surface area contributed by atoms with E-state index in [1.54, 1.807) is 0 Å². The zero-order valence-electron chi connectivity index (χ0n) is 24.4. The van der Waals surface area contributed by atoms with Crippen LogP contribution in [-0.2, 0) is 5.41 Å². The molecule has 1 aliphatic carbocycles. The van der Waals surface area contributed by atoms with E-state index in [0.29, 0.717) is 17.5 Å². The Bertz CT molecular complexity index is 2420. The van der Waals surface area contributed by atoms with Crippen LogP contribution in [0.1, 0.15) is 25.0 Å². The van der Waals surface area contributed by atoms with Gasteiger partial charge in [-0.05, 0) is 51.2 Å². The van der Waals surface area contributed by atoms with Gasteiger partial charge in [-0.2, -0.15) is 0 Å². The van der Waals surface area contributed by atoms with Gasteiger partial charge in [0.05, 0.1) is 5.56 Å². The second-order valence-electron chi connectivity index (χ2n) is 12.0. The second-order valence-corrected chi connectivity index (χ2v) is 12.0. The third-order valence-electron chi connectivity index (χ3n) is 9.14. The Labute approximate surface area is 254 Å². The lowest BCUT2D eigenvalue weighted by Crippen LogP contribution is -2.14. The van der Waals surface area contributed by atoms with Gasteiger partial charge >= 0.3 is 0 Å². The Hall–Kier alpha value is -5.61. The fraction of sp³-hybridized carbons (Fsp3) is 0.0750. The summed E-state index contributed by atoms with van der Waals surface area (Å²) in [5.41, 5.74) is 9.52. The van der Waals surface area contributed by atoms with Gasteiger partial charge in [-0.15, -0.1) is 0 Å². The standard InChI is InChI=1S/C40H27N3O/c1-40(2)33-21-9-8-17-27(33)31-22-32-28-18-11-20-30(36(28)44-35(32)23-34(31)40)39-42-37(25-13-4-3-5-14-25)41-38(43-39)29-19-10-15-24-12-6-7-16-26(24)29/h3-23H,1-2H3. The number of fused-ring (bicyclic) bond motifs is 7. The van der Waals surface area contributed by atoms with Crippen molar-refractivity contribution in [2.75, 3.05) is 0 Å². The van der Waals surface area contributed by atoms with E-state index >= 15 is 0 Å². The number of nitrogens with zero attached hydrogens (tertiary/aromatic N) is 3. The lowest BCUT2D eigenvalue weighted by molar-refractivity contribution is 0.647. The topological polar surface area (TPSA) is 51.8 Å². The van der Waals surface area contributed by atoms with Gasteiger partial charge in [0.25, 0.3) is 0 Å². The molecule has 0 atom stereocenters. The molecule has 9 rings (SSSR count). The first-order chi connectivity index (χ1) is 21.6. The quantitative estimate of drug-likeness (QED) is 0.214. The maximum absolute atomic E-state index is 6.72. The smallest absolute Gasteiger partial charge is 0.167 e. The maximum atomic E-state index is 6.72. The zero-order chi connectivity index (χ0) is 29.4. The molecular weight excluding hydrogens is 538 g/mol. The van der Waals surface area contributed by atoms with E-state index in [4.69, 9.17) is 19.4 Å². The molecule has 1 aliphatic rings. The van der Waals surface area contributed by atoms with Crippen LogP contribution in [-0.4, -0.2) is 15.0 Å². The average Bonchev–Trinajstić information content (AvgIpc) is 3.55. The maximum Gasteiger partial charge on any atom is 0.167 e. The highest BCUT2D eigenvalue weighted by Crippen LogP contribution is 2.51. The van der Waals surface area contributed by atoms with Crippen LogP contribution >= 0.6 is 0 Å². The Morgan fingerprint density at radius 2 is 1.11 bits per heavy atom. The molecule has 0 radical (unpaired) electrons. The highest BCUT2D eigenvalue weighted by Gasteiger charge is 2.36. The van der Waals surface area contributed by atoms with Crippen molar-refractivity contribution in [2.45, 2.75) is 19.3 Å². The molecule has 0 amide bonds. The number of hydrogen-bond acceptors (Lipinski definition) is 4. The van der Waals surface area contributed by atoms with Crippen LogP contribution in [0.3, 0.4) is 0 Å². The summed E-state index contributed by atoms with van der Waals surface area (Å²) in [7, 11) is 0. The van der Waals surface area contributed by atoms with Crippen molar-refractivity contribution in [1.29, 1.82) is 0 Å². The van der Waals surface area contributed by atoms with Crippen molar-refractivity contribution in [1.82, 2.24) is 15.0 Å². The fourth-order valence-electron chi connectivity index (χ4n) is 6.92. The molecule has 6 aromatic carbocycles. The Morgan fingerprint density at radius 3 is 2.00 bits per heavy atom. The molecule has 2 aromatic heterocycles. The normalized spacial score (nSPS) is 13.4. The molecule has 0 N–H and O–H groups in total. The molecule has 0 saturated carbocycles. The molecule has 0 bridgehead atoms. The molecule has 4 heteroatoms. The minimum atomic E-state index is -0.103. The first-order valence-corrected chi connectivity index (χ1v) is 15.0. The molecule has 44 heavy (non-hydrogen) atoms. The summed E-state index contributed by atoms with van der Waals surface area (Å²) in [4.78, 5) is 15.1. The molecule has 0 unspecified atom stereocenters. The SMILES string of the molecule is CC1(C)c2ccccc2-c2cc3c(cc21)oc1c(-c2nc(-c4ccccc4)nc(-c4cccc5ccccc45)n2)cccc13. The molecule has 4 nitrogen and oxygen atoms in total. The summed E-state index contributed by atoms with van der Waals surface area (Å²) in [6, 6.07) is 44.2. The monoisotopic (exact) mass is 565 g/mol. The van der Waals surface area contributed by atoms with Gasteiger partial charge in [0.2, 0.25) is 0 Å². The van der Waals surface area contributed by atoms with Gasteiger partial charge in [-0.1, -0.05) is 123 Å². The van der Waals surface area contributed by atoms with Crippen molar-refractivity contribution < 1.29 is 4.42 Å². The van der Waals surface area contributed by atoms with E-state index in [1.807, 2.05) is 30.3 Å². The van der Waals surface area contributed by atoms with Gasteiger partial charge in [0, 0.05) is 27.3 Å². The third-order valence-corrected chi connectivity index (χ3v) is 9.14. The lowest BCUT2D eigenvalue weighted by Gasteiger charge is -2.21. The molecule has 2 heterocycles. The van der Waals surface area contributed by atoms with E-state index in [0.717, 1.165) is 49.4 Å². The average molecular weight is 566 g/mol. The van der Waals surface area contributed by atoms with Crippen LogP contribution in [0.15, 0.2) is 132 Å². The van der Waals surface area contributed by atoms with Gasteiger partial charge in [-0.25, -0.2) is 15.0 Å². The van der Waals surface area contributed by atoms with E-state index in [9.17, 15) is 0 Å². The minimum Gasteiger partial charge on any atom is -0.455 e. The molecular formula is C40H27N3O. The van der Waals surface area contributed by atoms with Crippen LogP contribution in [0.5, 0.6) is 0 Å². The van der Waals surface area contributed by atoms with Gasteiger partial charge in [0.1, 0.15) is 11.2 Å². The van der Waals surface area contributed by atoms with Crippen molar-refractivity contribution in [3.63, 3.8) is 0 Å². The van der Waals surface area contributed by atoms with Gasteiger partial charge < -0.3 is 4.42 Å². The predicted octanol–water partition coefficient (Wildman–Crippen LogP) is 10.2. The predicted molar refractivity (Wildman–Crippen MR) is 178 cm³/mol. The summed E-state index contributed by atoms with van der Waals surface area (Å²) in [5, 5.41) is 4.39. The number of furan rings is 1. The summed E-state index contributed by atoms with van der Waals surface area (Å²) in [5.74, 6) is 1.85. The molecule has 0 saturated heterocycles. The molecule has 8 aromatic rings. The molecule has 0 fully saturated rings. The Balaban J connectivity index is 1.30. The highest BCUT2D eigenvalue weighted by molar-refractivity contribution is 6.11. The van der Waals surface area contributed by atoms with Crippen molar-refractivity contribution in [2.24, 2.45) is 0 Å². The number of aromatic nitrogens is 3. The van der Waals surface area contributed by atoms with E-state index in [-0.39, 0.29) is 5.41 Å². The summed E-state index contributed by atoms with van der Waals surface area (Å²) >= 11 is 0. The Kier molecular flexibility index (Phi) is 5.21. The van der Waals surface area contributed by atoms with E-state index < -0.39 is 0 Å². The van der Waals surface area contributed by atoms with Crippen molar-refractivity contribution in [3.8, 4) is 45.3 Å². The first-order valence-electron chi connectivity index (χ1n) is 15.0. The highest BCUT2D eigenvalue weighted by atomic mass is 16.3. The first kappa shape index (κ1) is 24.9. The van der Waals surface area contributed by atoms with Crippen LogP contribution in [0.2, 0.25) is 0 Å². The lowest BCUT2D eigenvalue weighted by atomic mass is 9.82. The number of hydrogen-bond donors (Lipinski definition) is 0. The number of para-hydroxylation sites is 1. The summed E-state index contributed by atoms with van der Waals surface area (Å²) in [6.07, 6.45) is 0. The minimum absolute atomic E-state index is 0.103. The van der Waals surface area contributed by atoms with Crippen LogP contribution in [0.4, 0.5) is 0 Å². The fourth-order valence-corrected chi connectivity index (χ4v) is 6.92. The van der Waals surface area contributed by atoms with Crippen LogP contribution in [0, 0.1) is 0 Å². The molecule has 0 spiro atoms. The largest absolute Gasteiger partial charge is 0.455 e. The summed E-state index contributed by atoms with van der Waals surface area (Å²) < 4.78 is 6.72. The van der Waals surface area contributed by atoms with Crippen LogP contribution in [0.25, 0.3) is 78.0 Å². The number of rotatable bonds is 3. The van der Waals surface area contributed by atoms with Gasteiger partial charge in [0.15, 0.2) is 17.5 Å². The van der Waals surface area contributed by atoms with Gasteiger partial charge in [-0.3, -0.25) is 0 Å². The second kappa shape index (κ2) is 9.19. The Morgan fingerprint density at radius 1 is 0.477 bits per heavy atom.